The maximum atomic E-state index is 14.5. The third-order valence-electron chi connectivity index (χ3n) is 14.0. The molecule has 4 aromatic rings. The number of phenols is 1. The lowest BCUT2D eigenvalue weighted by molar-refractivity contribution is -0.151. The van der Waals surface area contributed by atoms with Crippen LogP contribution < -0.4 is 24.3 Å². The molecule has 0 spiro atoms. The van der Waals surface area contributed by atoms with E-state index >= 15 is 0 Å². The molecule has 4 heterocycles. The Bertz CT molecular complexity index is 2710. The van der Waals surface area contributed by atoms with Crippen molar-refractivity contribution in [1.82, 2.24) is 15.1 Å². The van der Waals surface area contributed by atoms with Crippen molar-refractivity contribution < 1.29 is 62.1 Å². The van der Waals surface area contributed by atoms with E-state index in [-0.39, 0.29) is 56.7 Å². The molecule has 0 saturated carbocycles. The number of nitrogens with zero attached hydrogens (tertiary/aromatic N) is 3. The summed E-state index contributed by atoms with van der Waals surface area (Å²) in [4.78, 5) is 45.6. The number of aromatic hydroxyl groups is 1. The standard InChI is InChI=1S/C53H60N4O13S/c1-28-19-30-20-38-40(22-54)57-39(44(56(38)6)42(30)48(46(28)63-8)67-26-64-18-17-62-7)21-35-43(49-47(68-27-69-49)29(2)45(35)58)41(57)24-65-50(59)37(55-51(60)70-53(3,4)5)25-71-52(61)66-23-36-33-15-11-9-13-31(33)32-14-10-12-16-34(32)36/h9-16,19,36-41,44,58H,17-18,20-21,23-27H2,1-8H3,(H,55,60)/t37-,38-,39-,40-,41-,44-/m0/s1. The fraction of sp³-hybridized carbons (Fsp3) is 0.472. The van der Waals surface area contributed by atoms with Crippen LogP contribution >= 0.6 is 11.8 Å². The van der Waals surface area contributed by atoms with Crippen LogP contribution in [0.3, 0.4) is 0 Å². The first-order chi connectivity index (χ1) is 34.1. The molecule has 1 saturated heterocycles. The number of ether oxygens (including phenoxy) is 9. The maximum absolute atomic E-state index is 14.5. The fourth-order valence-electron chi connectivity index (χ4n) is 11.1. The van der Waals surface area contributed by atoms with Crippen molar-refractivity contribution in [3.8, 4) is 45.9 Å². The number of hydrogen-bond acceptors (Lipinski definition) is 17. The number of fused-ring (bicyclic) bond motifs is 12. The smallest absolute Gasteiger partial charge is 0.408 e. The van der Waals surface area contributed by atoms with Crippen LogP contribution in [0, 0.1) is 25.2 Å². The molecule has 5 aliphatic rings. The summed E-state index contributed by atoms with van der Waals surface area (Å²) in [5, 5.41) is 25.3. The zero-order chi connectivity index (χ0) is 50.3. The minimum Gasteiger partial charge on any atom is -0.507 e. The maximum Gasteiger partial charge on any atom is 0.408 e. The molecule has 2 N–H and O–H groups in total. The molecule has 4 aliphatic heterocycles. The Morgan fingerprint density at radius 1 is 0.930 bits per heavy atom. The third kappa shape index (κ3) is 9.41. The first kappa shape index (κ1) is 49.7. The van der Waals surface area contributed by atoms with Gasteiger partial charge in [0.15, 0.2) is 29.8 Å². The molecule has 4 aromatic carbocycles. The number of aryl methyl sites for hydroxylation is 1. The summed E-state index contributed by atoms with van der Waals surface area (Å²) in [5.41, 5.74) is 7.66. The molecule has 1 amide bonds. The molecule has 18 heteroatoms. The van der Waals surface area contributed by atoms with Crippen LogP contribution in [0.25, 0.3) is 11.1 Å². The van der Waals surface area contributed by atoms with Gasteiger partial charge < -0.3 is 53.1 Å². The van der Waals surface area contributed by atoms with E-state index in [1.807, 2.05) is 50.4 Å². The average molecular weight is 993 g/mol. The van der Waals surface area contributed by atoms with Gasteiger partial charge in [-0.3, -0.25) is 9.80 Å². The molecule has 17 nitrogen and oxygen atoms in total. The molecule has 0 radical (unpaired) electrons. The van der Waals surface area contributed by atoms with Crippen LogP contribution in [0.1, 0.15) is 83.3 Å². The predicted molar refractivity (Wildman–Crippen MR) is 261 cm³/mol. The van der Waals surface area contributed by atoms with Gasteiger partial charge in [0.25, 0.3) is 0 Å². The minimum absolute atomic E-state index is 0.00279. The number of alkyl carbamates (subject to hydrolysis) is 1. The normalized spacial score (nSPS) is 21.1. The van der Waals surface area contributed by atoms with Gasteiger partial charge in [0.1, 0.15) is 36.6 Å². The van der Waals surface area contributed by atoms with Crippen LogP contribution in [0.15, 0.2) is 54.6 Å². The van der Waals surface area contributed by atoms with Crippen LogP contribution in [-0.4, -0.2) is 129 Å². The number of nitrogens with one attached hydrogen (secondary N) is 1. The van der Waals surface area contributed by atoms with Crippen LogP contribution in [-0.2, 0) is 41.3 Å². The van der Waals surface area contributed by atoms with Gasteiger partial charge in [-0.15, -0.1) is 0 Å². The highest BCUT2D eigenvalue weighted by Crippen LogP contribution is 2.58. The third-order valence-corrected chi connectivity index (χ3v) is 14.9. The highest BCUT2D eigenvalue weighted by Gasteiger charge is 2.57. The van der Waals surface area contributed by atoms with Crippen LogP contribution in [0.5, 0.6) is 28.7 Å². The number of hydrogen-bond donors (Lipinski definition) is 2. The van der Waals surface area contributed by atoms with E-state index < -0.39 is 53.2 Å². The van der Waals surface area contributed by atoms with Crippen molar-refractivity contribution >= 4 is 29.1 Å². The summed E-state index contributed by atoms with van der Waals surface area (Å²) in [6, 6.07) is 16.4. The van der Waals surface area contributed by atoms with E-state index in [0.29, 0.717) is 59.3 Å². The molecular weight excluding hydrogens is 933 g/mol. The van der Waals surface area contributed by atoms with Crippen molar-refractivity contribution in [1.29, 1.82) is 5.26 Å². The summed E-state index contributed by atoms with van der Waals surface area (Å²) in [7, 11) is 5.17. The van der Waals surface area contributed by atoms with E-state index in [9.17, 15) is 24.8 Å². The van der Waals surface area contributed by atoms with Gasteiger partial charge in [0, 0.05) is 53.1 Å². The number of piperazine rings is 1. The number of nitriles is 1. The molecule has 0 aromatic heterocycles. The first-order valence-corrected chi connectivity index (χ1v) is 24.7. The van der Waals surface area contributed by atoms with E-state index in [1.54, 1.807) is 41.9 Å². The predicted octanol–water partition coefficient (Wildman–Crippen LogP) is 7.64. The summed E-state index contributed by atoms with van der Waals surface area (Å²) in [5.74, 6) is 0.513. The molecule has 2 bridgehead atoms. The minimum atomic E-state index is -1.38. The Morgan fingerprint density at radius 3 is 2.31 bits per heavy atom. The number of methoxy groups -OCH3 is 2. The van der Waals surface area contributed by atoms with Gasteiger partial charge in [-0.25, -0.2) is 14.4 Å². The van der Waals surface area contributed by atoms with Gasteiger partial charge >= 0.3 is 17.4 Å². The van der Waals surface area contributed by atoms with E-state index in [0.717, 1.165) is 50.7 Å². The molecule has 71 heavy (non-hydrogen) atoms. The SMILES string of the molecule is COCCOCOc1c(OC)c(C)cc2c1[C@@H]1[C@@H]3Cc4c(O)c(C)c5c(c4[C@H](COC(=O)[C@H](CSC(=O)OCC4c6ccccc6-c6ccccc64)NC(=O)OC(C)(C)C)N3[C@@H](C#N)[C@H](C2)N1C)OCO5. The van der Waals surface area contributed by atoms with Gasteiger partial charge in [0.2, 0.25) is 6.79 Å². The van der Waals surface area contributed by atoms with Crippen molar-refractivity contribution in [2.24, 2.45) is 0 Å². The molecule has 9 rings (SSSR count). The van der Waals surface area contributed by atoms with Crippen molar-refractivity contribution in [2.45, 2.75) is 95.2 Å². The first-order valence-electron chi connectivity index (χ1n) is 23.7. The Kier molecular flexibility index (Phi) is 14.3. The highest BCUT2D eigenvalue weighted by molar-refractivity contribution is 8.13. The number of phenolic OH excluding ortho intramolecular Hbond substituents is 1. The van der Waals surface area contributed by atoms with Crippen molar-refractivity contribution in [2.75, 3.05) is 67.0 Å². The zero-order valence-corrected chi connectivity index (χ0v) is 42.0. The van der Waals surface area contributed by atoms with Gasteiger partial charge in [-0.1, -0.05) is 54.6 Å². The Labute approximate surface area is 417 Å². The lowest BCUT2D eigenvalue weighted by atomic mass is 9.71. The summed E-state index contributed by atoms with van der Waals surface area (Å²) < 4.78 is 53.1. The lowest BCUT2D eigenvalue weighted by Crippen LogP contribution is -2.68. The van der Waals surface area contributed by atoms with Gasteiger partial charge in [0.05, 0.1) is 38.5 Å². The van der Waals surface area contributed by atoms with E-state index in [4.69, 9.17) is 42.6 Å². The number of carbonyl (C=O) groups excluding carboxylic acids is 3. The Morgan fingerprint density at radius 2 is 1.63 bits per heavy atom. The summed E-state index contributed by atoms with van der Waals surface area (Å²) >= 11 is 0.732. The van der Waals surface area contributed by atoms with E-state index in [1.165, 1.54) is 0 Å². The highest BCUT2D eigenvalue weighted by atomic mass is 32.2. The molecule has 1 fully saturated rings. The number of benzene rings is 4. The molecular formula is C53H60N4O13S. The molecule has 0 unspecified atom stereocenters. The zero-order valence-electron chi connectivity index (χ0n) is 41.2. The topological polar surface area (TPSA) is 197 Å². The lowest BCUT2D eigenvalue weighted by Gasteiger charge is -2.59. The van der Waals surface area contributed by atoms with Crippen LogP contribution in [0.2, 0.25) is 0 Å². The largest absolute Gasteiger partial charge is 0.507 e. The Hall–Kier alpha value is -6.23. The number of amides is 1. The monoisotopic (exact) mass is 992 g/mol. The average Bonchev–Trinajstić information content (AvgIpc) is 3.96. The number of carbonyl (C=O) groups is 3. The summed E-state index contributed by atoms with van der Waals surface area (Å²) in [6.07, 6.45) is -0.148. The summed E-state index contributed by atoms with van der Waals surface area (Å²) in [6.45, 7) is 9.04. The fourth-order valence-corrected chi connectivity index (χ4v) is 11.8. The second kappa shape index (κ2) is 20.5. The quantitative estimate of drug-likeness (QED) is 0.0510. The number of esters is 1. The number of thioether (sulfide) groups is 1. The van der Waals surface area contributed by atoms with Gasteiger partial charge in [-0.2, -0.15) is 5.26 Å². The van der Waals surface area contributed by atoms with Crippen molar-refractivity contribution in [3.05, 3.63) is 99.1 Å². The molecule has 1 aliphatic carbocycles. The number of likely N-dealkylation sites (N-methyl/N-ethyl adjacent to an activating group) is 1. The molecule has 376 valence electrons. The number of rotatable bonds is 15. The van der Waals surface area contributed by atoms with Crippen molar-refractivity contribution in [3.63, 3.8) is 0 Å². The second-order valence-electron chi connectivity index (χ2n) is 19.3. The Balaban J connectivity index is 1.02. The molecule has 6 atom stereocenters. The van der Waals surface area contributed by atoms with Gasteiger partial charge in [-0.05, 0) is 99.7 Å². The van der Waals surface area contributed by atoms with E-state index in [2.05, 4.69) is 39.4 Å². The van der Waals surface area contributed by atoms with Crippen LogP contribution in [0.4, 0.5) is 9.59 Å². The second-order valence-corrected chi connectivity index (χ2v) is 20.3.